The van der Waals surface area contributed by atoms with Crippen molar-refractivity contribution >= 4 is 5.70 Å². The Morgan fingerprint density at radius 2 is 1.79 bits per heavy atom. The molecule has 1 aliphatic rings. The molecular weight excluding hydrogens is 251 g/mol. The lowest BCUT2D eigenvalue weighted by atomic mass is 10.0. The number of hydrogen-bond donors (Lipinski definition) is 0. The van der Waals surface area contributed by atoms with Crippen molar-refractivity contribution in [3.8, 4) is 0 Å². The first-order valence-electron chi connectivity index (χ1n) is 5.88. The molecule has 0 aromatic heterocycles. The summed E-state index contributed by atoms with van der Waals surface area (Å²) in [5.74, 6) is -0.355. The Morgan fingerprint density at radius 3 is 2.37 bits per heavy atom. The molecule has 1 aromatic rings. The smallest absolute Gasteiger partial charge is 0.256 e. The second-order valence-corrected chi connectivity index (χ2v) is 4.36. The number of hydrogen-bond acceptors (Lipinski definition) is 1. The van der Waals surface area contributed by atoms with Crippen LogP contribution >= 0.6 is 0 Å². The van der Waals surface area contributed by atoms with Crippen molar-refractivity contribution in [3.05, 3.63) is 65.6 Å². The van der Waals surface area contributed by atoms with Gasteiger partial charge in [0.1, 0.15) is 5.82 Å². The van der Waals surface area contributed by atoms with Crippen LogP contribution < -0.4 is 0 Å². The van der Waals surface area contributed by atoms with Gasteiger partial charge < -0.3 is 4.90 Å². The summed E-state index contributed by atoms with van der Waals surface area (Å²) >= 11 is 0. The van der Waals surface area contributed by atoms with E-state index in [0.29, 0.717) is 17.0 Å². The highest BCUT2D eigenvalue weighted by molar-refractivity contribution is 5.70. The second kappa shape index (κ2) is 5.34. The molecule has 0 aliphatic carbocycles. The quantitative estimate of drug-likeness (QED) is 0.791. The van der Waals surface area contributed by atoms with Crippen LogP contribution in [-0.4, -0.2) is 17.9 Å². The van der Waals surface area contributed by atoms with Crippen LogP contribution in [0.3, 0.4) is 0 Å². The standard InChI is InChI=1S/C15H14F3N/c1-10-3-8-14(12-4-6-13(16)7-5-12)19(11(10)2)9-15(17)18/h3-8,15H,2,9H2,1H3. The summed E-state index contributed by atoms with van der Waals surface area (Å²) in [5, 5.41) is 0. The van der Waals surface area contributed by atoms with Crippen molar-refractivity contribution in [3.63, 3.8) is 0 Å². The lowest BCUT2D eigenvalue weighted by Gasteiger charge is -2.32. The molecule has 1 nitrogen and oxygen atoms in total. The van der Waals surface area contributed by atoms with Crippen LogP contribution in [0.5, 0.6) is 0 Å². The van der Waals surface area contributed by atoms with Gasteiger partial charge in [0.25, 0.3) is 6.43 Å². The van der Waals surface area contributed by atoms with Crippen molar-refractivity contribution in [1.82, 2.24) is 4.90 Å². The van der Waals surface area contributed by atoms with Gasteiger partial charge in [0, 0.05) is 11.4 Å². The monoisotopic (exact) mass is 265 g/mol. The Labute approximate surface area is 110 Å². The minimum Gasteiger partial charge on any atom is -0.336 e. The van der Waals surface area contributed by atoms with Crippen molar-refractivity contribution in [1.29, 1.82) is 0 Å². The third kappa shape index (κ3) is 2.89. The number of alkyl halides is 2. The topological polar surface area (TPSA) is 3.24 Å². The first-order valence-corrected chi connectivity index (χ1v) is 5.88. The van der Waals surface area contributed by atoms with Crippen LogP contribution in [0.25, 0.3) is 5.70 Å². The fourth-order valence-electron chi connectivity index (χ4n) is 1.97. The SMILES string of the molecule is C=C1C(C)=CC=C(c2ccc(F)cc2)N1CC(F)F. The predicted octanol–water partition coefficient (Wildman–Crippen LogP) is 4.21. The van der Waals surface area contributed by atoms with Crippen LogP contribution in [0.15, 0.2) is 54.3 Å². The summed E-state index contributed by atoms with van der Waals surface area (Å²) in [5.41, 5.74) is 2.68. The third-order valence-electron chi connectivity index (χ3n) is 3.02. The molecule has 2 rings (SSSR count). The zero-order chi connectivity index (χ0) is 14.0. The lowest BCUT2D eigenvalue weighted by molar-refractivity contribution is 0.123. The maximum absolute atomic E-state index is 12.9. The van der Waals surface area contributed by atoms with Gasteiger partial charge in [-0.1, -0.05) is 12.7 Å². The van der Waals surface area contributed by atoms with Crippen LogP contribution in [0, 0.1) is 5.82 Å². The molecule has 0 saturated heterocycles. The van der Waals surface area contributed by atoms with Gasteiger partial charge in [-0.15, -0.1) is 0 Å². The first kappa shape index (κ1) is 13.5. The Morgan fingerprint density at radius 1 is 1.16 bits per heavy atom. The normalized spacial score (nSPS) is 15.6. The molecule has 1 aliphatic heterocycles. The van der Waals surface area contributed by atoms with Crippen LogP contribution in [0.4, 0.5) is 13.2 Å². The van der Waals surface area contributed by atoms with E-state index in [9.17, 15) is 13.2 Å². The fraction of sp³-hybridized carbons (Fsp3) is 0.200. The zero-order valence-corrected chi connectivity index (χ0v) is 10.5. The number of halogens is 3. The van der Waals surface area contributed by atoms with E-state index in [2.05, 4.69) is 6.58 Å². The Hall–Kier alpha value is -1.97. The van der Waals surface area contributed by atoms with Gasteiger partial charge in [-0.2, -0.15) is 0 Å². The average molecular weight is 265 g/mol. The minimum absolute atomic E-state index is 0.355. The van der Waals surface area contributed by atoms with Gasteiger partial charge in [-0.3, -0.25) is 0 Å². The third-order valence-corrected chi connectivity index (χ3v) is 3.02. The number of allylic oxidation sites excluding steroid dienone is 3. The summed E-state index contributed by atoms with van der Waals surface area (Å²) in [6, 6.07) is 5.76. The van der Waals surface area contributed by atoms with Gasteiger partial charge in [0.2, 0.25) is 0 Å². The molecule has 0 saturated carbocycles. The van der Waals surface area contributed by atoms with Crippen molar-refractivity contribution in [2.45, 2.75) is 13.3 Å². The molecular formula is C15H14F3N. The van der Waals surface area contributed by atoms with E-state index in [1.54, 1.807) is 18.2 Å². The van der Waals surface area contributed by atoms with Gasteiger partial charge >= 0.3 is 0 Å². The molecule has 4 heteroatoms. The maximum Gasteiger partial charge on any atom is 0.256 e. The highest BCUT2D eigenvalue weighted by atomic mass is 19.3. The largest absolute Gasteiger partial charge is 0.336 e. The Kier molecular flexibility index (Phi) is 3.79. The van der Waals surface area contributed by atoms with Crippen LogP contribution in [0.1, 0.15) is 12.5 Å². The molecule has 100 valence electrons. The summed E-state index contributed by atoms with van der Waals surface area (Å²) < 4.78 is 38.3. The zero-order valence-electron chi connectivity index (χ0n) is 10.5. The van der Waals surface area contributed by atoms with Gasteiger partial charge in [0.15, 0.2) is 0 Å². The van der Waals surface area contributed by atoms with Gasteiger partial charge in [-0.25, -0.2) is 13.2 Å². The molecule has 19 heavy (non-hydrogen) atoms. The maximum atomic E-state index is 12.9. The summed E-state index contributed by atoms with van der Waals surface area (Å²) in [6.07, 6.45) is 1.11. The van der Waals surface area contributed by atoms with E-state index >= 15 is 0 Å². The summed E-state index contributed by atoms with van der Waals surface area (Å²) in [7, 11) is 0. The molecule has 0 fully saturated rings. The van der Waals surface area contributed by atoms with E-state index in [4.69, 9.17) is 0 Å². The van der Waals surface area contributed by atoms with Crippen LogP contribution in [0.2, 0.25) is 0 Å². The summed E-state index contributed by atoms with van der Waals surface area (Å²) in [4.78, 5) is 1.47. The Bertz CT molecular complexity index is 541. The number of nitrogens with zero attached hydrogens (tertiary/aromatic N) is 1. The molecule has 0 amide bonds. The molecule has 1 heterocycles. The highest BCUT2D eigenvalue weighted by Gasteiger charge is 2.22. The fourth-order valence-corrected chi connectivity index (χ4v) is 1.97. The molecule has 0 radical (unpaired) electrons. The molecule has 0 spiro atoms. The van der Waals surface area contributed by atoms with E-state index < -0.39 is 13.0 Å². The van der Waals surface area contributed by atoms with Crippen LogP contribution in [-0.2, 0) is 0 Å². The van der Waals surface area contributed by atoms with E-state index in [1.807, 2.05) is 13.0 Å². The van der Waals surface area contributed by atoms with Crippen molar-refractivity contribution < 1.29 is 13.2 Å². The van der Waals surface area contributed by atoms with Gasteiger partial charge in [0.05, 0.1) is 6.54 Å². The number of benzene rings is 1. The lowest BCUT2D eigenvalue weighted by Crippen LogP contribution is -2.28. The molecule has 0 atom stereocenters. The predicted molar refractivity (Wildman–Crippen MR) is 70.0 cm³/mol. The van der Waals surface area contributed by atoms with Gasteiger partial charge in [-0.05, 0) is 48.4 Å². The minimum atomic E-state index is -2.47. The molecule has 1 aromatic carbocycles. The molecule has 0 N–H and O–H groups in total. The van der Waals surface area contributed by atoms with E-state index in [1.165, 1.54) is 17.0 Å². The first-order chi connectivity index (χ1) is 8.99. The van der Waals surface area contributed by atoms with Crippen molar-refractivity contribution in [2.24, 2.45) is 0 Å². The summed E-state index contributed by atoms with van der Waals surface area (Å²) in [6.45, 7) is 5.23. The van der Waals surface area contributed by atoms with E-state index in [0.717, 1.165) is 5.57 Å². The number of rotatable bonds is 3. The highest BCUT2D eigenvalue weighted by Crippen LogP contribution is 2.31. The van der Waals surface area contributed by atoms with Crippen molar-refractivity contribution in [2.75, 3.05) is 6.54 Å². The average Bonchev–Trinajstić information content (AvgIpc) is 2.36. The van der Waals surface area contributed by atoms with E-state index in [-0.39, 0.29) is 5.82 Å². The molecule has 0 unspecified atom stereocenters. The Balaban J connectivity index is 2.39. The molecule has 0 bridgehead atoms. The second-order valence-electron chi connectivity index (χ2n) is 4.36.